The molecule has 0 unspecified atom stereocenters. The van der Waals surface area contributed by atoms with Gasteiger partial charge in [-0.3, -0.25) is 9.89 Å². The second-order valence-electron chi connectivity index (χ2n) is 5.45. The molecule has 1 amide bonds. The van der Waals surface area contributed by atoms with Gasteiger partial charge in [0.1, 0.15) is 17.1 Å². The van der Waals surface area contributed by atoms with Gasteiger partial charge in [-0.25, -0.2) is 4.99 Å². The Labute approximate surface area is 159 Å². The van der Waals surface area contributed by atoms with E-state index in [2.05, 4.69) is 20.5 Å². The first-order valence-corrected chi connectivity index (χ1v) is 8.18. The smallest absolute Gasteiger partial charge is 0.256 e. The number of nitrogens with zero attached hydrogens (tertiary/aromatic N) is 2. The average Bonchev–Trinajstić information content (AvgIpc) is 3.03. The van der Waals surface area contributed by atoms with Crippen molar-refractivity contribution in [2.45, 2.75) is 0 Å². The number of hydrogen-bond donors (Lipinski definition) is 4. The predicted molar refractivity (Wildman–Crippen MR) is 104 cm³/mol. The van der Waals surface area contributed by atoms with Gasteiger partial charge in [-0.2, -0.15) is 5.10 Å². The fraction of sp³-hybridized carbons (Fsp3) is 0.0556. The maximum Gasteiger partial charge on any atom is 0.256 e. The number of aromatic hydroxyl groups is 1. The van der Waals surface area contributed by atoms with Gasteiger partial charge in [-0.1, -0.05) is 23.7 Å². The fourth-order valence-corrected chi connectivity index (χ4v) is 2.61. The van der Waals surface area contributed by atoms with Gasteiger partial charge in [-0.15, -0.1) is 0 Å². The van der Waals surface area contributed by atoms with Crippen LogP contribution in [0, 0.1) is 0 Å². The number of phenolic OH excluding ortho intramolecular Hbond substituents is 1. The minimum absolute atomic E-state index is 0.0180. The zero-order valence-corrected chi connectivity index (χ0v) is 15.0. The van der Waals surface area contributed by atoms with Crippen LogP contribution in [0.5, 0.6) is 11.5 Å². The van der Waals surface area contributed by atoms with Gasteiger partial charge in [0.05, 0.1) is 12.7 Å². The minimum atomic E-state index is -0.718. The summed E-state index contributed by atoms with van der Waals surface area (Å²) in [5.74, 6) is 0.0369. The summed E-state index contributed by atoms with van der Waals surface area (Å²) in [5.41, 5.74) is 6.54. The lowest BCUT2D eigenvalue weighted by atomic mass is 10.2. The molecular weight excluding hydrogens is 370 g/mol. The zero-order chi connectivity index (χ0) is 19.4. The highest BCUT2D eigenvalue weighted by Crippen LogP contribution is 2.29. The number of aromatic amines is 1. The van der Waals surface area contributed by atoms with Gasteiger partial charge in [0.15, 0.2) is 11.6 Å². The number of H-pyrrole nitrogens is 1. The monoisotopic (exact) mass is 385 g/mol. The molecule has 0 saturated heterocycles. The number of aliphatic imine (C=N–C) groups is 1. The first kappa shape index (κ1) is 18.3. The first-order valence-electron chi connectivity index (χ1n) is 7.80. The van der Waals surface area contributed by atoms with Gasteiger partial charge >= 0.3 is 0 Å². The van der Waals surface area contributed by atoms with Crippen LogP contribution in [0.2, 0.25) is 5.02 Å². The normalized spacial score (nSPS) is 10.9. The maximum atomic E-state index is 11.9. The summed E-state index contributed by atoms with van der Waals surface area (Å²) in [4.78, 5) is 16.1. The van der Waals surface area contributed by atoms with Crippen molar-refractivity contribution in [3.05, 3.63) is 58.6 Å². The highest BCUT2D eigenvalue weighted by Gasteiger charge is 2.18. The summed E-state index contributed by atoms with van der Waals surface area (Å²) in [6.45, 7) is 0. The van der Waals surface area contributed by atoms with E-state index in [0.717, 1.165) is 0 Å². The molecule has 0 fully saturated rings. The molecule has 0 aliphatic heterocycles. The Hall–Kier alpha value is -3.52. The van der Waals surface area contributed by atoms with Crippen molar-refractivity contribution in [2.75, 3.05) is 12.4 Å². The van der Waals surface area contributed by atoms with Crippen molar-refractivity contribution in [3.8, 4) is 11.5 Å². The molecule has 3 aromatic rings. The molecule has 0 bridgehead atoms. The number of methoxy groups -OCH3 is 1. The number of aromatic nitrogens is 2. The van der Waals surface area contributed by atoms with Crippen molar-refractivity contribution >= 4 is 41.0 Å². The van der Waals surface area contributed by atoms with Crippen LogP contribution >= 0.6 is 11.6 Å². The average molecular weight is 386 g/mol. The van der Waals surface area contributed by atoms with Crippen molar-refractivity contribution in [1.82, 2.24) is 10.2 Å². The Morgan fingerprint density at radius 2 is 2.15 bits per heavy atom. The van der Waals surface area contributed by atoms with Crippen LogP contribution in [0.4, 0.5) is 17.3 Å². The molecule has 0 spiro atoms. The summed E-state index contributed by atoms with van der Waals surface area (Å²) in [7, 11) is 1.48. The third-order valence-electron chi connectivity index (χ3n) is 3.67. The molecule has 1 aromatic heterocycles. The van der Waals surface area contributed by atoms with Crippen LogP contribution in [0.25, 0.3) is 0 Å². The SMILES string of the molecule is COc1cccc(O)c1/C=N/c1[nH]nc(Nc2cccc(Cl)c2)c1C(N)=O. The third kappa shape index (κ3) is 4.01. The molecule has 0 saturated carbocycles. The van der Waals surface area contributed by atoms with E-state index in [-0.39, 0.29) is 22.9 Å². The number of primary amides is 1. The molecule has 0 aliphatic carbocycles. The quantitative estimate of drug-likeness (QED) is 0.484. The van der Waals surface area contributed by atoms with Crippen molar-refractivity contribution in [3.63, 3.8) is 0 Å². The summed E-state index contributed by atoms with van der Waals surface area (Å²) >= 11 is 5.96. The zero-order valence-electron chi connectivity index (χ0n) is 14.2. The number of anilines is 2. The lowest BCUT2D eigenvalue weighted by molar-refractivity contribution is 0.100. The standard InChI is InChI=1S/C18H16ClN5O3/c1-27-14-7-3-6-13(25)12(14)9-21-17-15(16(20)26)18(24-23-17)22-11-5-2-4-10(19)8-11/h2-9,25H,1H3,(H2,20,26)(H2,22,23,24)/b21-9+. The van der Waals surface area contributed by atoms with Crippen molar-refractivity contribution < 1.29 is 14.6 Å². The second-order valence-corrected chi connectivity index (χ2v) is 5.88. The maximum absolute atomic E-state index is 11.9. The highest BCUT2D eigenvalue weighted by molar-refractivity contribution is 6.30. The van der Waals surface area contributed by atoms with E-state index in [0.29, 0.717) is 22.0 Å². The van der Waals surface area contributed by atoms with Gasteiger partial charge in [-0.05, 0) is 30.3 Å². The molecule has 1 heterocycles. The lowest BCUT2D eigenvalue weighted by Gasteiger charge is -2.06. The first-order chi connectivity index (χ1) is 13.0. The molecule has 8 nitrogen and oxygen atoms in total. The van der Waals surface area contributed by atoms with Crippen molar-refractivity contribution in [2.24, 2.45) is 10.7 Å². The topological polar surface area (TPSA) is 126 Å². The highest BCUT2D eigenvalue weighted by atomic mass is 35.5. The molecule has 2 aromatic carbocycles. The van der Waals surface area contributed by atoms with Gasteiger partial charge < -0.3 is 20.9 Å². The number of carbonyl (C=O) groups excluding carboxylic acids is 1. The number of phenols is 1. The Bertz CT molecular complexity index is 1020. The summed E-state index contributed by atoms with van der Waals surface area (Å²) in [6, 6.07) is 11.7. The van der Waals surface area contributed by atoms with E-state index >= 15 is 0 Å². The third-order valence-corrected chi connectivity index (χ3v) is 3.90. The molecule has 0 atom stereocenters. The van der Waals surface area contributed by atoms with Crippen LogP contribution in [-0.4, -0.2) is 34.5 Å². The van der Waals surface area contributed by atoms with Crippen LogP contribution in [-0.2, 0) is 0 Å². The number of benzene rings is 2. The van der Waals surface area contributed by atoms with E-state index in [1.165, 1.54) is 19.4 Å². The van der Waals surface area contributed by atoms with Crippen LogP contribution in [0.1, 0.15) is 15.9 Å². The van der Waals surface area contributed by atoms with Gasteiger partial charge in [0.25, 0.3) is 5.91 Å². The van der Waals surface area contributed by atoms with E-state index in [9.17, 15) is 9.90 Å². The minimum Gasteiger partial charge on any atom is -0.507 e. The molecule has 27 heavy (non-hydrogen) atoms. The number of nitrogens with one attached hydrogen (secondary N) is 2. The number of hydrogen-bond acceptors (Lipinski definition) is 6. The number of carbonyl (C=O) groups is 1. The Morgan fingerprint density at radius 3 is 2.85 bits per heavy atom. The number of halogens is 1. The molecular formula is C18H16ClN5O3. The Morgan fingerprint density at radius 1 is 1.37 bits per heavy atom. The van der Waals surface area contributed by atoms with Crippen LogP contribution in [0.15, 0.2) is 47.5 Å². The molecule has 9 heteroatoms. The molecule has 5 N–H and O–H groups in total. The van der Waals surface area contributed by atoms with Crippen LogP contribution < -0.4 is 15.8 Å². The molecule has 138 valence electrons. The van der Waals surface area contributed by atoms with Gasteiger partial charge in [0.2, 0.25) is 0 Å². The molecule has 0 radical (unpaired) electrons. The van der Waals surface area contributed by atoms with E-state index in [1.54, 1.807) is 36.4 Å². The fourth-order valence-electron chi connectivity index (χ4n) is 2.42. The lowest BCUT2D eigenvalue weighted by Crippen LogP contribution is -2.12. The van der Waals surface area contributed by atoms with Crippen molar-refractivity contribution in [1.29, 1.82) is 0 Å². The number of amides is 1. The van der Waals surface area contributed by atoms with E-state index in [1.807, 2.05) is 0 Å². The summed E-state index contributed by atoms with van der Waals surface area (Å²) in [5, 5.41) is 20.2. The number of nitrogens with two attached hydrogens (primary N) is 1. The predicted octanol–water partition coefficient (Wildman–Crippen LogP) is 3.37. The van der Waals surface area contributed by atoms with Crippen LogP contribution in [0.3, 0.4) is 0 Å². The van der Waals surface area contributed by atoms with Gasteiger partial charge in [0, 0.05) is 16.9 Å². The number of rotatable bonds is 6. The Kier molecular flexibility index (Phi) is 5.28. The number of ether oxygens (including phenoxy) is 1. The van der Waals surface area contributed by atoms with E-state index in [4.69, 9.17) is 22.1 Å². The Balaban J connectivity index is 1.96. The van der Waals surface area contributed by atoms with E-state index < -0.39 is 5.91 Å². The largest absolute Gasteiger partial charge is 0.507 e. The summed E-state index contributed by atoms with van der Waals surface area (Å²) < 4.78 is 5.19. The second kappa shape index (κ2) is 7.79. The molecule has 0 aliphatic rings. The molecule has 3 rings (SSSR count). The summed E-state index contributed by atoms with van der Waals surface area (Å²) in [6.07, 6.45) is 1.36.